The summed E-state index contributed by atoms with van der Waals surface area (Å²) in [5.74, 6) is 0.0452. The van der Waals surface area contributed by atoms with Gasteiger partial charge in [0.15, 0.2) is 0 Å². The molecule has 1 aliphatic heterocycles. The van der Waals surface area contributed by atoms with Crippen LogP contribution in [0.5, 0.6) is 0 Å². The zero-order valence-electron chi connectivity index (χ0n) is 10.8. The van der Waals surface area contributed by atoms with E-state index in [2.05, 4.69) is 21.9 Å². The number of nitrogens with two attached hydrogens (primary N) is 1. The van der Waals surface area contributed by atoms with Gasteiger partial charge in [-0.05, 0) is 18.9 Å². The Morgan fingerprint density at radius 1 is 1.32 bits per heavy atom. The molecule has 2 aromatic rings. The van der Waals surface area contributed by atoms with Gasteiger partial charge in [-0.3, -0.25) is 9.48 Å². The maximum absolute atomic E-state index is 11.6. The van der Waals surface area contributed by atoms with E-state index in [1.54, 1.807) is 0 Å². The number of hydrogen-bond acceptors (Lipinski definition) is 3. The summed E-state index contributed by atoms with van der Waals surface area (Å²) in [5, 5.41) is 5.67. The number of hydrogen-bond donors (Lipinski definition) is 1. The lowest BCUT2D eigenvalue weighted by molar-refractivity contribution is -0.130. The van der Waals surface area contributed by atoms with Crippen molar-refractivity contribution >= 4 is 16.8 Å². The number of rotatable bonds is 2. The van der Waals surface area contributed by atoms with Crippen molar-refractivity contribution in [1.29, 1.82) is 0 Å². The molecular formula is C14H18N4O. The molecule has 3 rings (SSSR count). The summed E-state index contributed by atoms with van der Waals surface area (Å²) in [7, 11) is 0. The zero-order chi connectivity index (χ0) is 13.2. The van der Waals surface area contributed by atoms with E-state index in [1.165, 1.54) is 10.9 Å². The van der Waals surface area contributed by atoms with Gasteiger partial charge in [-0.2, -0.15) is 5.10 Å². The van der Waals surface area contributed by atoms with Crippen molar-refractivity contribution in [3.05, 3.63) is 30.5 Å². The number of fused-ring (bicyclic) bond motifs is 1. The van der Waals surface area contributed by atoms with Gasteiger partial charge in [0.05, 0.1) is 24.3 Å². The van der Waals surface area contributed by atoms with Gasteiger partial charge in [0.2, 0.25) is 5.91 Å². The largest absolute Gasteiger partial charge is 0.341 e. The van der Waals surface area contributed by atoms with Crippen molar-refractivity contribution in [1.82, 2.24) is 14.7 Å². The number of piperidine rings is 1. The molecular weight excluding hydrogens is 240 g/mol. The summed E-state index contributed by atoms with van der Waals surface area (Å²) in [6.07, 6.45) is 3.79. The molecule has 1 fully saturated rings. The fraction of sp³-hybridized carbons (Fsp3) is 0.429. The van der Waals surface area contributed by atoms with Crippen molar-refractivity contribution in [3.63, 3.8) is 0 Å². The van der Waals surface area contributed by atoms with E-state index in [9.17, 15) is 4.79 Å². The molecule has 0 unspecified atom stereocenters. The third-order valence-electron chi connectivity index (χ3n) is 3.84. The fourth-order valence-corrected chi connectivity index (χ4v) is 2.77. The number of benzene rings is 1. The Balaban J connectivity index is 1.77. The van der Waals surface area contributed by atoms with Crippen LogP contribution in [0.1, 0.15) is 18.9 Å². The van der Waals surface area contributed by atoms with E-state index in [0.29, 0.717) is 6.04 Å². The number of para-hydroxylation sites is 1. The fourth-order valence-electron chi connectivity index (χ4n) is 2.77. The van der Waals surface area contributed by atoms with Gasteiger partial charge in [-0.1, -0.05) is 18.2 Å². The monoisotopic (exact) mass is 258 g/mol. The van der Waals surface area contributed by atoms with E-state index in [4.69, 9.17) is 5.73 Å². The molecule has 2 N–H and O–H groups in total. The predicted molar refractivity (Wildman–Crippen MR) is 73.6 cm³/mol. The molecule has 1 amide bonds. The molecule has 5 heteroatoms. The lowest BCUT2D eigenvalue weighted by atomic mass is 10.0. The van der Waals surface area contributed by atoms with E-state index < -0.39 is 0 Å². The third kappa shape index (κ3) is 2.21. The van der Waals surface area contributed by atoms with E-state index >= 15 is 0 Å². The molecule has 0 saturated carbocycles. The second-order valence-corrected chi connectivity index (χ2v) is 4.96. The number of aromatic nitrogens is 2. The Bertz CT molecular complexity index is 584. The summed E-state index contributed by atoms with van der Waals surface area (Å²) in [6, 6.07) is 8.61. The lowest BCUT2D eigenvalue weighted by Crippen LogP contribution is -2.42. The minimum Gasteiger partial charge on any atom is -0.341 e. The molecule has 0 radical (unpaired) electrons. The summed E-state index contributed by atoms with van der Waals surface area (Å²) in [4.78, 5) is 13.4. The molecule has 2 heterocycles. The van der Waals surface area contributed by atoms with Gasteiger partial charge in [0, 0.05) is 18.5 Å². The Hall–Kier alpha value is -1.88. The molecule has 0 atom stereocenters. The number of carbonyl (C=O) groups excluding carboxylic acids is 1. The van der Waals surface area contributed by atoms with Crippen LogP contribution >= 0.6 is 0 Å². The molecule has 0 bridgehead atoms. The first-order valence-corrected chi connectivity index (χ1v) is 6.69. The quantitative estimate of drug-likeness (QED) is 0.879. The predicted octanol–water partition coefficient (Wildman–Crippen LogP) is 1.16. The maximum Gasteiger partial charge on any atom is 0.236 e. The number of amides is 1. The summed E-state index contributed by atoms with van der Waals surface area (Å²) in [5.41, 5.74) is 6.57. The van der Waals surface area contributed by atoms with Crippen LogP contribution in [0, 0.1) is 0 Å². The second kappa shape index (κ2) is 5.01. The highest BCUT2D eigenvalue weighted by Gasteiger charge is 2.24. The molecule has 1 saturated heterocycles. The first kappa shape index (κ1) is 12.2. The Kier molecular flexibility index (Phi) is 3.21. The van der Waals surface area contributed by atoms with Crippen molar-refractivity contribution in [3.8, 4) is 0 Å². The van der Waals surface area contributed by atoms with Crippen molar-refractivity contribution < 1.29 is 4.79 Å². The Labute approximate surface area is 112 Å². The molecule has 0 aliphatic carbocycles. The molecule has 1 aliphatic rings. The van der Waals surface area contributed by atoms with Crippen LogP contribution in [0.2, 0.25) is 0 Å². The Morgan fingerprint density at radius 2 is 2.05 bits per heavy atom. The van der Waals surface area contributed by atoms with Gasteiger partial charge in [-0.25, -0.2) is 0 Å². The molecule has 1 aromatic heterocycles. The molecule has 5 nitrogen and oxygen atoms in total. The van der Waals surface area contributed by atoms with Gasteiger partial charge < -0.3 is 10.6 Å². The van der Waals surface area contributed by atoms with Gasteiger partial charge in [-0.15, -0.1) is 0 Å². The van der Waals surface area contributed by atoms with E-state index in [1.807, 2.05) is 23.2 Å². The van der Waals surface area contributed by atoms with Crippen molar-refractivity contribution in [2.45, 2.75) is 18.9 Å². The van der Waals surface area contributed by atoms with Crippen LogP contribution in [0.15, 0.2) is 30.5 Å². The number of likely N-dealkylation sites (tertiary alicyclic amines) is 1. The van der Waals surface area contributed by atoms with Gasteiger partial charge >= 0.3 is 0 Å². The molecule has 100 valence electrons. The maximum atomic E-state index is 11.6. The third-order valence-corrected chi connectivity index (χ3v) is 3.84. The van der Waals surface area contributed by atoms with Crippen LogP contribution in [-0.4, -0.2) is 40.2 Å². The van der Waals surface area contributed by atoms with Gasteiger partial charge in [0.25, 0.3) is 0 Å². The average Bonchev–Trinajstić information content (AvgIpc) is 2.90. The highest BCUT2D eigenvalue weighted by atomic mass is 16.2. The van der Waals surface area contributed by atoms with Crippen LogP contribution in [0.3, 0.4) is 0 Å². The lowest BCUT2D eigenvalue weighted by Gasteiger charge is -2.32. The molecule has 1 aromatic carbocycles. The first-order valence-electron chi connectivity index (χ1n) is 6.69. The van der Waals surface area contributed by atoms with E-state index in [0.717, 1.165) is 25.9 Å². The minimum absolute atomic E-state index is 0.0452. The normalized spacial score (nSPS) is 17.0. The highest BCUT2D eigenvalue weighted by molar-refractivity contribution is 5.79. The average molecular weight is 258 g/mol. The Morgan fingerprint density at radius 3 is 2.79 bits per heavy atom. The minimum atomic E-state index is 0.0452. The number of nitrogens with zero attached hydrogens (tertiary/aromatic N) is 3. The van der Waals surface area contributed by atoms with Crippen molar-refractivity contribution in [2.24, 2.45) is 5.73 Å². The second-order valence-electron chi connectivity index (χ2n) is 4.96. The standard InChI is InChI=1S/C14H18N4O/c15-9-14(19)17-7-5-12(6-8-17)18-13-4-2-1-3-11(13)10-16-18/h1-4,10,12H,5-9,15H2. The summed E-state index contributed by atoms with van der Waals surface area (Å²) < 4.78 is 2.10. The zero-order valence-corrected chi connectivity index (χ0v) is 10.8. The SMILES string of the molecule is NCC(=O)N1CCC(n2ncc3ccccc32)CC1. The topological polar surface area (TPSA) is 64.2 Å². The number of carbonyl (C=O) groups is 1. The van der Waals surface area contributed by atoms with E-state index in [-0.39, 0.29) is 12.5 Å². The van der Waals surface area contributed by atoms with Gasteiger partial charge in [0.1, 0.15) is 0 Å². The first-order chi connectivity index (χ1) is 9.29. The highest BCUT2D eigenvalue weighted by Crippen LogP contribution is 2.25. The van der Waals surface area contributed by atoms with Crippen LogP contribution < -0.4 is 5.73 Å². The van der Waals surface area contributed by atoms with Crippen molar-refractivity contribution in [2.75, 3.05) is 19.6 Å². The van der Waals surface area contributed by atoms with Crippen LogP contribution in [-0.2, 0) is 4.79 Å². The summed E-state index contributed by atoms with van der Waals surface area (Å²) in [6.45, 7) is 1.65. The van der Waals surface area contributed by atoms with Crippen LogP contribution in [0.25, 0.3) is 10.9 Å². The van der Waals surface area contributed by atoms with Crippen LogP contribution in [0.4, 0.5) is 0 Å². The molecule has 0 spiro atoms. The smallest absolute Gasteiger partial charge is 0.236 e. The molecule has 19 heavy (non-hydrogen) atoms. The summed E-state index contributed by atoms with van der Waals surface area (Å²) >= 11 is 0.